The molecule has 1 atom stereocenters. The van der Waals surface area contributed by atoms with Gasteiger partial charge in [-0.2, -0.15) is 0 Å². The lowest BCUT2D eigenvalue weighted by atomic mass is 10.2. The molecule has 0 bridgehead atoms. The smallest absolute Gasteiger partial charge is 0.0736 e. The fraction of sp³-hybridized carbons (Fsp3) is 0.583. The zero-order valence-electron chi connectivity index (χ0n) is 9.82. The molecule has 1 saturated heterocycles. The minimum atomic E-state index is 0.565. The highest BCUT2D eigenvalue weighted by atomic mass is 15.2. The summed E-state index contributed by atoms with van der Waals surface area (Å²) >= 11 is 0. The molecule has 0 aliphatic carbocycles. The first-order valence-corrected chi connectivity index (χ1v) is 5.95. The summed E-state index contributed by atoms with van der Waals surface area (Å²) in [4.78, 5) is 6.49. The fourth-order valence-corrected chi connectivity index (χ4v) is 2.14. The Hall–Kier alpha value is -1.29. The number of anilines is 2. The molecular weight excluding hydrogens is 200 g/mol. The maximum Gasteiger partial charge on any atom is 0.0736 e. The summed E-state index contributed by atoms with van der Waals surface area (Å²) in [5.74, 6) is 0. The van der Waals surface area contributed by atoms with Crippen molar-refractivity contribution in [2.24, 2.45) is 0 Å². The molecule has 2 rings (SSSR count). The monoisotopic (exact) mass is 220 g/mol. The summed E-state index contributed by atoms with van der Waals surface area (Å²) in [7, 11) is 0. The lowest BCUT2D eigenvalue weighted by molar-refractivity contribution is 0.269. The Bertz CT molecular complexity index is 334. The van der Waals surface area contributed by atoms with Crippen LogP contribution in [0.3, 0.4) is 0 Å². The van der Waals surface area contributed by atoms with Crippen molar-refractivity contribution in [1.29, 1.82) is 0 Å². The van der Waals surface area contributed by atoms with Crippen LogP contribution in [0.1, 0.15) is 19.8 Å². The molecule has 0 spiro atoms. The molecule has 0 radical (unpaired) electrons. The number of nitrogens with zero attached hydrogens (tertiary/aromatic N) is 2. The Labute approximate surface area is 96.8 Å². The molecular formula is C12H20N4. The van der Waals surface area contributed by atoms with Crippen LogP contribution in [-0.4, -0.2) is 35.6 Å². The molecule has 88 valence electrons. The maximum atomic E-state index is 5.82. The van der Waals surface area contributed by atoms with Crippen LogP contribution in [0.25, 0.3) is 0 Å². The molecule has 2 heterocycles. The van der Waals surface area contributed by atoms with E-state index in [1.165, 1.54) is 25.9 Å². The number of hydrogen-bond acceptors (Lipinski definition) is 4. The number of nitrogens with two attached hydrogens (primary N) is 1. The predicted octanol–water partition coefficient (Wildman–Crippen LogP) is 1.56. The number of hydrogen-bond donors (Lipinski definition) is 2. The van der Waals surface area contributed by atoms with E-state index in [1.54, 1.807) is 12.4 Å². The topological polar surface area (TPSA) is 54.2 Å². The van der Waals surface area contributed by atoms with Crippen LogP contribution in [-0.2, 0) is 0 Å². The van der Waals surface area contributed by atoms with Gasteiger partial charge in [-0.3, -0.25) is 9.88 Å². The first kappa shape index (κ1) is 11.2. The Morgan fingerprint density at radius 1 is 1.50 bits per heavy atom. The Kier molecular flexibility index (Phi) is 3.62. The molecule has 1 unspecified atom stereocenters. The van der Waals surface area contributed by atoms with E-state index in [9.17, 15) is 0 Å². The summed E-state index contributed by atoms with van der Waals surface area (Å²) in [6.07, 6.45) is 6.12. The van der Waals surface area contributed by atoms with E-state index >= 15 is 0 Å². The minimum Gasteiger partial charge on any atom is -0.396 e. The minimum absolute atomic E-state index is 0.565. The van der Waals surface area contributed by atoms with E-state index in [2.05, 4.69) is 22.1 Å². The average molecular weight is 220 g/mol. The zero-order chi connectivity index (χ0) is 11.4. The van der Waals surface area contributed by atoms with Crippen molar-refractivity contribution in [3.8, 4) is 0 Å². The lowest BCUT2D eigenvalue weighted by Crippen LogP contribution is -2.35. The molecule has 1 aromatic rings. The van der Waals surface area contributed by atoms with Gasteiger partial charge in [-0.1, -0.05) is 0 Å². The Balaban J connectivity index is 1.84. The Morgan fingerprint density at radius 2 is 2.25 bits per heavy atom. The second kappa shape index (κ2) is 5.16. The second-order valence-corrected chi connectivity index (χ2v) is 4.44. The van der Waals surface area contributed by atoms with Crippen LogP contribution >= 0.6 is 0 Å². The van der Waals surface area contributed by atoms with Gasteiger partial charge in [0, 0.05) is 18.8 Å². The first-order valence-electron chi connectivity index (χ1n) is 5.95. The number of rotatable bonds is 4. The van der Waals surface area contributed by atoms with Crippen molar-refractivity contribution >= 4 is 11.4 Å². The number of nitrogens with one attached hydrogen (secondary N) is 1. The number of pyridine rings is 1. The summed E-state index contributed by atoms with van der Waals surface area (Å²) in [5.41, 5.74) is 7.53. The third kappa shape index (κ3) is 2.64. The van der Waals surface area contributed by atoms with Gasteiger partial charge >= 0.3 is 0 Å². The molecule has 0 aromatic carbocycles. The van der Waals surface area contributed by atoms with Crippen molar-refractivity contribution < 1.29 is 0 Å². The van der Waals surface area contributed by atoms with Crippen LogP contribution in [0, 0.1) is 0 Å². The highest BCUT2D eigenvalue weighted by Crippen LogP contribution is 2.16. The van der Waals surface area contributed by atoms with Gasteiger partial charge in [0.1, 0.15) is 0 Å². The van der Waals surface area contributed by atoms with Crippen molar-refractivity contribution in [2.75, 3.05) is 30.7 Å². The van der Waals surface area contributed by atoms with Crippen molar-refractivity contribution in [3.05, 3.63) is 18.5 Å². The van der Waals surface area contributed by atoms with Crippen LogP contribution in [0.5, 0.6) is 0 Å². The predicted molar refractivity (Wildman–Crippen MR) is 67.4 cm³/mol. The summed E-state index contributed by atoms with van der Waals surface area (Å²) < 4.78 is 0. The standard InChI is InChI=1S/C12H20N4/c1-10(16-6-2-3-7-16)8-15-12-4-5-14-9-11(12)13/h4-5,9-10H,2-3,6-8,13H2,1H3,(H,14,15). The summed E-state index contributed by atoms with van der Waals surface area (Å²) in [5, 5.41) is 3.38. The quantitative estimate of drug-likeness (QED) is 0.808. The largest absolute Gasteiger partial charge is 0.396 e. The molecule has 0 amide bonds. The van der Waals surface area contributed by atoms with E-state index < -0.39 is 0 Å². The van der Waals surface area contributed by atoms with E-state index in [0.29, 0.717) is 6.04 Å². The molecule has 1 aliphatic rings. The first-order chi connectivity index (χ1) is 7.77. The van der Waals surface area contributed by atoms with Gasteiger partial charge in [0.2, 0.25) is 0 Å². The van der Waals surface area contributed by atoms with Crippen molar-refractivity contribution in [1.82, 2.24) is 9.88 Å². The van der Waals surface area contributed by atoms with Crippen molar-refractivity contribution in [2.45, 2.75) is 25.8 Å². The zero-order valence-corrected chi connectivity index (χ0v) is 9.82. The fourth-order valence-electron chi connectivity index (χ4n) is 2.14. The van der Waals surface area contributed by atoms with E-state index in [0.717, 1.165) is 17.9 Å². The molecule has 1 aliphatic heterocycles. The third-order valence-electron chi connectivity index (χ3n) is 3.20. The normalized spacial score (nSPS) is 18.6. The molecule has 0 saturated carbocycles. The third-order valence-corrected chi connectivity index (χ3v) is 3.20. The van der Waals surface area contributed by atoms with Gasteiger partial charge in [0.05, 0.1) is 17.6 Å². The molecule has 1 aromatic heterocycles. The molecule has 3 N–H and O–H groups in total. The highest BCUT2D eigenvalue weighted by molar-refractivity contribution is 5.64. The van der Waals surface area contributed by atoms with E-state index in [-0.39, 0.29) is 0 Å². The number of nitrogen functional groups attached to an aromatic ring is 1. The SMILES string of the molecule is CC(CNc1ccncc1N)N1CCCC1. The number of aromatic nitrogens is 1. The van der Waals surface area contributed by atoms with Gasteiger partial charge in [-0.15, -0.1) is 0 Å². The summed E-state index contributed by atoms with van der Waals surface area (Å²) in [6, 6.07) is 2.49. The lowest BCUT2D eigenvalue weighted by Gasteiger charge is -2.24. The molecule has 4 nitrogen and oxygen atoms in total. The molecule has 4 heteroatoms. The van der Waals surface area contributed by atoms with Gasteiger partial charge in [0.15, 0.2) is 0 Å². The average Bonchev–Trinajstić information content (AvgIpc) is 2.81. The van der Waals surface area contributed by atoms with Crippen LogP contribution in [0.2, 0.25) is 0 Å². The van der Waals surface area contributed by atoms with Crippen molar-refractivity contribution in [3.63, 3.8) is 0 Å². The van der Waals surface area contributed by atoms with Crippen LogP contribution < -0.4 is 11.1 Å². The second-order valence-electron chi connectivity index (χ2n) is 4.44. The van der Waals surface area contributed by atoms with Gasteiger partial charge in [0.25, 0.3) is 0 Å². The highest BCUT2D eigenvalue weighted by Gasteiger charge is 2.17. The molecule has 16 heavy (non-hydrogen) atoms. The summed E-state index contributed by atoms with van der Waals surface area (Å²) in [6.45, 7) is 5.66. The van der Waals surface area contributed by atoms with Crippen LogP contribution in [0.15, 0.2) is 18.5 Å². The van der Waals surface area contributed by atoms with E-state index in [4.69, 9.17) is 5.73 Å². The van der Waals surface area contributed by atoms with Gasteiger partial charge in [-0.25, -0.2) is 0 Å². The van der Waals surface area contributed by atoms with E-state index in [1.807, 2.05) is 6.07 Å². The number of likely N-dealkylation sites (tertiary alicyclic amines) is 1. The Morgan fingerprint density at radius 3 is 2.94 bits per heavy atom. The molecule has 1 fully saturated rings. The van der Waals surface area contributed by atoms with Gasteiger partial charge in [-0.05, 0) is 38.9 Å². The van der Waals surface area contributed by atoms with Crippen LogP contribution in [0.4, 0.5) is 11.4 Å². The van der Waals surface area contributed by atoms with Gasteiger partial charge < -0.3 is 11.1 Å². The maximum absolute atomic E-state index is 5.82.